The van der Waals surface area contributed by atoms with Gasteiger partial charge in [0.1, 0.15) is 29.0 Å². The molecule has 0 aliphatic carbocycles. The Labute approximate surface area is 130 Å². The van der Waals surface area contributed by atoms with Gasteiger partial charge >= 0.3 is 6.11 Å². The van der Waals surface area contributed by atoms with Crippen LogP contribution in [0.25, 0.3) is 6.08 Å². The van der Waals surface area contributed by atoms with Gasteiger partial charge in [-0.3, -0.25) is 0 Å². The molecule has 6 heteroatoms. The maximum atomic E-state index is 14.1. The van der Waals surface area contributed by atoms with Crippen molar-refractivity contribution in [2.45, 2.75) is 13.0 Å². The second-order valence-electron chi connectivity index (χ2n) is 4.61. The molecule has 0 aliphatic heterocycles. The van der Waals surface area contributed by atoms with Crippen LogP contribution >= 0.6 is 0 Å². The lowest BCUT2D eigenvalue weighted by molar-refractivity contribution is -0.185. The molecule has 0 N–H and O–H groups in total. The predicted octanol–water partition coefficient (Wildman–Crippen LogP) is 5.00. The van der Waals surface area contributed by atoms with E-state index in [2.05, 4.69) is 4.74 Å². The highest BCUT2D eigenvalue weighted by Gasteiger charge is 2.35. The molecule has 0 unspecified atom stereocenters. The molecule has 2 nitrogen and oxygen atoms in total. The third-order valence-electron chi connectivity index (χ3n) is 2.98. The fourth-order valence-corrected chi connectivity index (χ4v) is 1.90. The molecule has 2 aromatic carbocycles. The number of ether oxygens (including phenoxy) is 1. The number of rotatable bonds is 4. The Morgan fingerprint density at radius 1 is 1.09 bits per heavy atom. The number of nitrogens with zero attached hydrogens (tertiary/aromatic N) is 1. The SMILES string of the molecule is C/C=C/c1ccc(C(F)(F)Oc2cc(F)c(C#N)c(F)c2)cc1. The standard InChI is InChI=1S/C17H11F4NO/c1-2-3-11-4-6-12(7-5-11)17(20,21)23-13-8-15(18)14(10-22)16(19)9-13/h2-9H,1H3/b3-2+. The summed E-state index contributed by atoms with van der Waals surface area (Å²) in [4.78, 5) is 0. The second-order valence-corrected chi connectivity index (χ2v) is 4.61. The zero-order valence-corrected chi connectivity index (χ0v) is 12.0. The summed E-state index contributed by atoms with van der Waals surface area (Å²) < 4.78 is 59.4. The van der Waals surface area contributed by atoms with E-state index in [1.807, 2.05) is 0 Å². The second kappa shape index (κ2) is 6.53. The Kier molecular flexibility index (Phi) is 4.70. The number of benzene rings is 2. The average Bonchev–Trinajstić information content (AvgIpc) is 2.47. The lowest BCUT2D eigenvalue weighted by Crippen LogP contribution is -2.22. The summed E-state index contributed by atoms with van der Waals surface area (Å²) in [5.74, 6) is -3.23. The van der Waals surface area contributed by atoms with Gasteiger partial charge < -0.3 is 4.74 Å². The van der Waals surface area contributed by atoms with Crippen molar-refractivity contribution in [1.29, 1.82) is 5.26 Å². The van der Waals surface area contributed by atoms with Crippen LogP contribution in [0.15, 0.2) is 42.5 Å². The summed E-state index contributed by atoms with van der Waals surface area (Å²) in [6.07, 6.45) is -0.290. The van der Waals surface area contributed by atoms with Gasteiger partial charge in [0, 0.05) is 12.1 Å². The van der Waals surface area contributed by atoms with E-state index in [1.54, 1.807) is 19.1 Å². The Balaban J connectivity index is 2.29. The van der Waals surface area contributed by atoms with Gasteiger partial charge in [-0.2, -0.15) is 14.0 Å². The monoisotopic (exact) mass is 321 g/mol. The van der Waals surface area contributed by atoms with Crippen molar-refractivity contribution in [2.75, 3.05) is 0 Å². The quantitative estimate of drug-likeness (QED) is 0.743. The van der Waals surface area contributed by atoms with Crippen LogP contribution < -0.4 is 4.74 Å². The van der Waals surface area contributed by atoms with Gasteiger partial charge in [-0.25, -0.2) is 8.78 Å². The first-order valence-electron chi connectivity index (χ1n) is 6.56. The lowest BCUT2D eigenvalue weighted by Gasteiger charge is -2.18. The smallest absolute Gasteiger partial charge is 0.426 e. The van der Waals surface area contributed by atoms with Crippen molar-refractivity contribution in [3.05, 3.63) is 70.8 Å². The highest BCUT2D eigenvalue weighted by molar-refractivity contribution is 5.49. The molecule has 0 atom stereocenters. The van der Waals surface area contributed by atoms with E-state index in [9.17, 15) is 17.6 Å². The molecule has 0 saturated heterocycles. The van der Waals surface area contributed by atoms with E-state index in [4.69, 9.17) is 5.26 Å². The van der Waals surface area contributed by atoms with Crippen molar-refractivity contribution in [3.8, 4) is 11.8 Å². The predicted molar refractivity (Wildman–Crippen MR) is 76.7 cm³/mol. The molecule has 0 aliphatic rings. The first kappa shape index (κ1) is 16.6. The van der Waals surface area contributed by atoms with E-state index in [0.29, 0.717) is 12.1 Å². The maximum Gasteiger partial charge on any atom is 0.426 e. The van der Waals surface area contributed by atoms with Gasteiger partial charge in [-0.1, -0.05) is 24.3 Å². The number of hydrogen-bond acceptors (Lipinski definition) is 2. The maximum absolute atomic E-state index is 14.1. The third kappa shape index (κ3) is 3.69. The molecule has 0 bridgehead atoms. The Morgan fingerprint density at radius 2 is 1.65 bits per heavy atom. The van der Waals surface area contributed by atoms with Gasteiger partial charge in [0.05, 0.1) is 5.56 Å². The van der Waals surface area contributed by atoms with E-state index in [0.717, 1.165) is 17.7 Å². The summed E-state index contributed by atoms with van der Waals surface area (Å²) in [5.41, 5.74) is -0.588. The molecule has 0 fully saturated rings. The molecule has 0 aromatic heterocycles. The highest BCUT2D eigenvalue weighted by Crippen LogP contribution is 2.33. The van der Waals surface area contributed by atoms with Crippen LogP contribution in [0, 0.1) is 23.0 Å². The largest absolute Gasteiger partial charge is 0.429 e. The number of nitriles is 1. The minimum atomic E-state index is -3.78. The van der Waals surface area contributed by atoms with Crippen LogP contribution in [0.1, 0.15) is 23.6 Å². The molecule has 2 rings (SSSR count). The molecule has 2 aromatic rings. The Morgan fingerprint density at radius 3 is 2.13 bits per heavy atom. The van der Waals surface area contributed by atoms with E-state index >= 15 is 0 Å². The highest BCUT2D eigenvalue weighted by atomic mass is 19.3. The van der Waals surface area contributed by atoms with Crippen LogP contribution in [0.3, 0.4) is 0 Å². The van der Waals surface area contributed by atoms with Crippen LogP contribution in [-0.4, -0.2) is 0 Å². The van der Waals surface area contributed by atoms with Crippen molar-refractivity contribution in [1.82, 2.24) is 0 Å². The zero-order chi connectivity index (χ0) is 17.0. The number of alkyl halides is 2. The minimum Gasteiger partial charge on any atom is -0.429 e. The molecular formula is C17H11F4NO. The van der Waals surface area contributed by atoms with Gasteiger partial charge in [0.15, 0.2) is 0 Å². The van der Waals surface area contributed by atoms with Crippen LogP contribution in [0.2, 0.25) is 0 Å². The number of halogens is 4. The molecule has 23 heavy (non-hydrogen) atoms. The summed E-state index contributed by atoms with van der Waals surface area (Å²) in [6.45, 7) is 1.79. The van der Waals surface area contributed by atoms with Gasteiger partial charge in [-0.05, 0) is 24.6 Å². The Bertz CT molecular complexity index is 753. The molecule has 0 saturated carbocycles. The molecule has 0 heterocycles. The number of allylic oxidation sites excluding steroid dienone is 1. The lowest BCUT2D eigenvalue weighted by atomic mass is 10.1. The molecule has 0 radical (unpaired) electrons. The zero-order valence-electron chi connectivity index (χ0n) is 12.0. The molecule has 0 amide bonds. The van der Waals surface area contributed by atoms with E-state index < -0.39 is 34.6 Å². The van der Waals surface area contributed by atoms with Crippen molar-refractivity contribution in [3.63, 3.8) is 0 Å². The van der Waals surface area contributed by atoms with E-state index in [-0.39, 0.29) is 0 Å². The Hall–Kier alpha value is -2.81. The van der Waals surface area contributed by atoms with Gasteiger partial charge in [0.25, 0.3) is 0 Å². The third-order valence-corrected chi connectivity index (χ3v) is 2.98. The van der Waals surface area contributed by atoms with Crippen molar-refractivity contribution in [2.24, 2.45) is 0 Å². The fourth-order valence-electron chi connectivity index (χ4n) is 1.90. The van der Waals surface area contributed by atoms with E-state index in [1.165, 1.54) is 18.2 Å². The molecule has 118 valence electrons. The summed E-state index contributed by atoms with van der Waals surface area (Å²) in [6, 6.07) is 7.64. The molecule has 0 spiro atoms. The normalized spacial score (nSPS) is 11.5. The minimum absolute atomic E-state index is 0.462. The van der Waals surface area contributed by atoms with Crippen molar-refractivity contribution >= 4 is 6.08 Å². The fraction of sp³-hybridized carbons (Fsp3) is 0.118. The first-order chi connectivity index (χ1) is 10.9. The average molecular weight is 321 g/mol. The van der Waals surface area contributed by atoms with Crippen LogP contribution in [0.5, 0.6) is 5.75 Å². The molecular weight excluding hydrogens is 310 g/mol. The first-order valence-corrected chi connectivity index (χ1v) is 6.56. The summed E-state index contributed by atoms with van der Waals surface area (Å²) in [7, 11) is 0. The van der Waals surface area contributed by atoms with Crippen molar-refractivity contribution < 1.29 is 22.3 Å². The summed E-state index contributed by atoms with van der Waals surface area (Å²) in [5, 5.41) is 8.55. The van der Waals surface area contributed by atoms with Gasteiger partial charge in [0.2, 0.25) is 0 Å². The summed E-state index contributed by atoms with van der Waals surface area (Å²) >= 11 is 0. The number of hydrogen-bond donors (Lipinski definition) is 0. The van der Waals surface area contributed by atoms with Crippen LogP contribution in [0.4, 0.5) is 17.6 Å². The van der Waals surface area contributed by atoms with Crippen LogP contribution in [-0.2, 0) is 6.11 Å². The topological polar surface area (TPSA) is 33.0 Å². The van der Waals surface area contributed by atoms with Gasteiger partial charge in [-0.15, -0.1) is 0 Å².